The number of aromatic amines is 1. The molecule has 2 fully saturated rings. The van der Waals surface area contributed by atoms with Crippen LogP contribution in [0.25, 0.3) is 22.4 Å². The molecule has 16 heteroatoms. The maximum atomic E-state index is 15.2. The van der Waals surface area contributed by atoms with E-state index in [4.69, 9.17) is 11.6 Å². The molecular weight excluding hydrogens is 674 g/mol. The molecule has 2 saturated heterocycles. The maximum absolute atomic E-state index is 15.2. The number of halogens is 3. The molecule has 2 aromatic carbocycles. The third-order valence-electron chi connectivity index (χ3n) is 9.78. The molecule has 2 aliphatic heterocycles. The van der Waals surface area contributed by atoms with Gasteiger partial charge in [-0.25, -0.2) is 13.8 Å². The molecule has 2 aliphatic rings. The summed E-state index contributed by atoms with van der Waals surface area (Å²) in [7, 11) is 3.37. The lowest BCUT2D eigenvalue weighted by Gasteiger charge is -2.40. The van der Waals surface area contributed by atoms with Gasteiger partial charge in [0.15, 0.2) is 23.5 Å². The van der Waals surface area contributed by atoms with Crippen molar-refractivity contribution in [2.24, 2.45) is 7.05 Å². The van der Waals surface area contributed by atoms with Gasteiger partial charge in [0, 0.05) is 68.2 Å². The molecule has 0 bridgehead atoms. The Bertz CT molecular complexity index is 1960. The molecule has 0 radical (unpaired) electrons. The molecule has 6 rings (SSSR count). The molecule has 0 spiro atoms. The summed E-state index contributed by atoms with van der Waals surface area (Å²) in [6, 6.07) is 6.87. The average Bonchev–Trinajstić information content (AvgIpc) is 3.77. The van der Waals surface area contributed by atoms with Gasteiger partial charge in [0.05, 0.1) is 41.8 Å². The number of hydrogen-bond acceptors (Lipinski definition) is 7. The van der Waals surface area contributed by atoms with Crippen LogP contribution in [0.4, 0.5) is 14.5 Å². The van der Waals surface area contributed by atoms with E-state index in [-0.39, 0.29) is 74.9 Å². The minimum absolute atomic E-state index is 0.0523. The zero-order valence-corrected chi connectivity index (χ0v) is 28.5. The molecule has 1 unspecified atom stereocenters. The number of quaternary nitrogens is 1. The summed E-state index contributed by atoms with van der Waals surface area (Å²) in [6.45, 7) is 3.57. The Morgan fingerprint density at radius 2 is 1.74 bits per heavy atom. The van der Waals surface area contributed by atoms with E-state index in [1.165, 1.54) is 54.3 Å². The van der Waals surface area contributed by atoms with Crippen molar-refractivity contribution < 1.29 is 37.9 Å². The minimum atomic E-state index is -1.09. The predicted octanol–water partition coefficient (Wildman–Crippen LogP) is 2.83. The zero-order chi connectivity index (χ0) is 35.9. The van der Waals surface area contributed by atoms with Crippen LogP contribution >= 0.6 is 11.6 Å². The van der Waals surface area contributed by atoms with Gasteiger partial charge in [-0.2, -0.15) is 5.10 Å². The van der Waals surface area contributed by atoms with E-state index in [1.54, 1.807) is 16.7 Å². The molecule has 4 N–H and O–H groups in total. The van der Waals surface area contributed by atoms with E-state index < -0.39 is 29.7 Å². The van der Waals surface area contributed by atoms with Crippen molar-refractivity contribution in [3.8, 4) is 22.4 Å². The number of nitrogens with zero attached hydrogens (tertiary/aromatic N) is 6. The number of anilines is 1. The number of imidazole rings is 1. The SMILES string of the molecule is Cc1n[nH]cc1-c1ccc(-c2cnc(C(=O)Nc3ccc(C(=O)N4CCN(C(=O)[C@@H]5C[C@@H](O)C[N+]5(C)CCO)CC4)c(Cl)c3)n2C)c(F)c1F. The Morgan fingerprint density at radius 1 is 1.06 bits per heavy atom. The monoisotopic (exact) mass is 711 g/mol. The molecule has 3 amide bonds. The molecule has 4 aromatic rings. The first-order chi connectivity index (χ1) is 23.8. The number of rotatable bonds is 8. The van der Waals surface area contributed by atoms with Gasteiger partial charge in [-0.05, 0) is 31.2 Å². The number of carbonyl (C=O) groups is 3. The van der Waals surface area contributed by atoms with Crippen molar-refractivity contribution in [1.82, 2.24) is 29.5 Å². The van der Waals surface area contributed by atoms with Crippen molar-refractivity contribution in [3.05, 3.63) is 76.5 Å². The highest BCUT2D eigenvalue weighted by Crippen LogP contribution is 2.33. The highest BCUT2D eigenvalue weighted by molar-refractivity contribution is 6.34. The van der Waals surface area contributed by atoms with E-state index >= 15 is 8.78 Å². The number of benzene rings is 2. The van der Waals surface area contributed by atoms with Crippen LogP contribution in [0.3, 0.4) is 0 Å². The molecule has 264 valence electrons. The van der Waals surface area contributed by atoms with Gasteiger partial charge in [0.25, 0.3) is 17.7 Å². The molecule has 13 nitrogen and oxygen atoms in total. The summed E-state index contributed by atoms with van der Waals surface area (Å²) in [5.41, 5.74) is 1.62. The van der Waals surface area contributed by atoms with Crippen LogP contribution in [0.2, 0.25) is 5.02 Å². The number of amides is 3. The quantitative estimate of drug-likeness (QED) is 0.205. The smallest absolute Gasteiger partial charge is 0.291 e. The molecule has 4 heterocycles. The van der Waals surface area contributed by atoms with E-state index in [1.807, 2.05) is 7.05 Å². The fourth-order valence-corrected chi connectivity index (χ4v) is 7.22. The van der Waals surface area contributed by atoms with E-state index in [0.717, 1.165) is 0 Å². The lowest BCUT2D eigenvalue weighted by molar-refractivity contribution is -0.914. The van der Waals surface area contributed by atoms with Gasteiger partial charge in [-0.3, -0.25) is 19.5 Å². The Balaban J connectivity index is 1.09. The van der Waals surface area contributed by atoms with E-state index in [0.29, 0.717) is 43.9 Å². The number of piperazine rings is 1. The lowest BCUT2D eigenvalue weighted by atomic mass is 10.0. The summed E-state index contributed by atoms with van der Waals surface area (Å²) < 4.78 is 32.0. The summed E-state index contributed by atoms with van der Waals surface area (Å²) in [4.78, 5) is 47.4. The second-order valence-corrected chi connectivity index (χ2v) is 13.4. The largest absolute Gasteiger partial charge is 0.391 e. The van der Waals surface area contributed by atoms with Gasteiger partial charge in [-0.1, -0.05) is 17.7 Å². The Hall–Kier alpha value is -4.70. The lowest BCUT2D eigenvalue weighted by Crippen LogP contribution is -2.60. The summed E-state index contributed by atoms with van der Waals surface area (Å²) in [5, 5.41) is 29.1. The highest BCUT2D eigenvalue weighted by atomic mass is 35.5. The van der Waals surface area contributed by atoms with Crippen LogP contribution in [-0.2, 0) is 11.8 Å². The number of nitrogens with one attached hydrogen (secondary N) is 2. The van der Waals surface area contributed by atoms with Gasteiger partial charge >= 0.3 is 0 Å². The minimum Gasteiger partial charge on any atom is -0.391 e. The van der Waals surface area contributed by atoms with E-state index in [2.05, 4.69) is 20.5 Å². The van der Waals surface area contributed by atoms with Crippen molar-refractivity contribution >= 4 is 35.0 Å². The van der Waals surface area contributed by atoms with Crippen LogP contribution in [0.5, 0.6) is 0 Å². The first-order valence-corrected chi connectivity index (χ1v) is 16.5. The fraction of sp³-hybridized carbons (Fsp3) is 0.382. The second kappa shape index (κ2) is 13.9. The summed E-state index contributed by atoms with van der Waals surface area (Å²) in [5.74, 6) is -3.27. The summed E-state index contributed by atoms with van der Waals surface area (Å²) >= 11 is 6.51. The van der Waals surface area contributed by atoms with Crippen molar-refractivity contribution in [1.29, 1.82) is 0 Å². The van der Waals surface area contributed by atoms with Crippen LogP contribution in [0.1, 0.15) is 33.1 Å². The second-order valence-electron chi connectivity index (χ2n) is 13.0. The third-order valence-corrected chi connectivity index (χ3v) is 10.1. The predicted molar refractivity (Wildman–Crippen MR) is 180 cm³/mol. The number of hydrogen-bond donors (Lipinski definition) is 4. The Morgan fingerprint density at radius 3 is 2.40 bits per heavy atom. The molecule has 3 atom stereocenters. The van der Waals surface area contributed by atoms with Gasteiger partial charge in [0.2, 0.25) is 0 Å². The van der Waals surface area contributed by atoms with E-state index in [9.17, 15) is 24.6 Å². The normalized spacial score (nSPS) is 20.7. The molecule has 50 heavy (non-hydrogen) atoms. The Labute approximate surface area is 291 Å². The number of aromatic nitrogens is 4. The summed E-state index contributed by atoms with van der Waals surface area (Å²) in [6.07, 6.45) is 2.48. The van der Waals surface area contributed by atoms with Crippen LogP contribution < -0.4 is 5.32 Å². The number of aliphatic hydroxyl groups excluding tert-OH is 2. The van der Waals surface area contributed by atoms with Crippen LogP contribution in [0, 0.1) is 18.6 Å². The van der Waals surface area contributed by atoms with Crippen molar-refractivity contribution in [2.45, 2.75) is 25.5 Å². The fourth-order valence-electron chi connectivity index (χ4n) is 6.96. The molecule has 2 aromatic heterocycles. The van der Waals surface area contributed by atoms with Crippen molar-refractivity contribution in [2.75, 3.05) is 58.2 Å². The first-order valence-electron chi connectivity index (χ1n) is 16.2. The average molecular weight is 712 g/mol. The number of carbonyl (C=O) groups excluding carboxylic acids is 3. The van der Waals surface area contributed by atoms with Gasteiger partial charge < -0.3 is 34.4 Å². The number of H-pyrrole nitrogens is 1. The highest BCUT2D eigenvalue weighted by Gasteiger charge is 2.49. The Kier molecular flexibility index (Phi) is 9.77. The molecular formula is C34H38ClF2N8O5+. The van der Waals surface area contributed by atoms with Crippen LogP contribution in [-0.4, -0.2) is 127 Å². The van der Waals surface area contributed by atoms with Crippen LogP contribution in [0.15, 0.2) is 42.7 Å². The maximum Gasteiger partial charge on any atom is 0.291 e. The zero-order valence-electron chi connectivity index (χ0n) is 27.8. The van der Waals surface area contributed by atoms with Gasteiger partial charge in [-0.15, -0.1) is 0 Å². The van der Waals surface area contributed by atoms with Crippen molar-refractivity contribution in [3.63, 3.8) is 0 Å². The number of aryl methyl sites for hydroxylation is 1. The number of likely N-dealkylation sites (tertiary alicyclic amines) is 1. The topological polar surface area (TPSA) is 157 Å². The molecule has 0 saturated carbocycles. The third kappa shape index (κ3) is 6.49. The first kappa shape index (κ1) is 35.1. The number of aliphatic hydroxyl groups is 2. The molecule has 0 aliphatic carbocycles. The number of likely N-dealkylation sites (N-methyl/N-ethyl adjacent to an activating group) is 1. The standard InChI is InChI=1S/C34H37ClF2N8O5/c1-19-25(16-39-41-19)22-6-7-24(30(37)29(22)36)27-17-38-31(42(27)2)32(48)40-20-4-5-23(26(35)14-20)33(49)43-8-10-44(11-9-43)34(50)28-15-21(47)18-45(28,3)12-13-46/h4-7,14,16-17,21,28,46-47H,8-13,15,18H2,1-3H3,(H-,39,40,41,48,49)/p+1/t21-,28+,45?/m1/s1. The van der Waals surface area contributed by atoms with Gasteiger partial charge in [0.1, 0.15) is 19.2 Å².